The number of hydrogen-bond donors (Lipinski definition) is 2. The summed E-state index contributed by atoms with van der Waals surface area (Å²) in [6.45, 7) is 4.99. The van der Waals surface area contributed by atoms with Crippen molar-refractivity contribution >= 4 is 5.91 Å². The highest BCUT2D eigenvalue weighted by Crippen LogP contribution is 2.13. The molecule has 1 aromatic rings. The number of benzene rings is 1. The van der Waals surface area contributed by atoms with Gasteiger partial charge in [0.25, 0.3) is 0 Å². The molecule has 2 N–H and O–H groups in total. The highest BCUT2D eigenvalue weighted by Gasteiger charge is 2.09. The average Bonchev–Trinajstić information content (AvgIpc) is 2.50. The predicted molar refractivity (Wildman–Crippen MR) is 82.7 cm³/mol. The molecule has 0 aliphatic rings. The molecule has 1 unspecified atom stereocenters. The molecule has 0 aliphatic carbocycles. The summed E-state index contributed by atoms with van der Waals surface area (Å²) in [6.07, 6.45) is 1.34. The lowest BCUT2D eigenvalue weighted by Gasteiger charge is -2.14. The summed E-state index contributed by atoms with van der Waals surface area (Å²) in [7, 11) is 0. The molecule has 0 aromatic heterocycles. The summed E-state index contributed by atoms with van der Waals surface area (Å²) in [5.41, 5.74) is 1.87. The molecular weight excluding hydrogens is 266 g/mol. The van der Waals surface area contributed by atoms with Crippen LogP contribution in [0.25, 0.3) is 0 Å². The van der Waals surface area contributed by atoms with Crippen LogP contribution in [0.4, 0.5) is 0 Å². The average molecular weight is 289 g/mol. The fourth-order valence-electron chi connectivity index (χ4n) is 1.80. The second kappa shape index (κ2) is 9.98. The van der Waals surface area contributed by atoms with Crippen molar-refractivity contribution in [3.05, 3.63) is 35.4 Å². The van der Waals surface area contributed by atoms with Gasteiger partial charge in [0.2, 0.25) is 5.91 Å². The third kappa shape index (κ3) is 6.94. The maximum atomic E-state index is 11.8. The second-order valence-electron chi connectivity index (χ2n) is 4.73. The van der Waals surface area contributed by atoms with Crippen LogP contribution in [-0.4, -0.2) is 30.8 Å². The van der Waals surface area contributed by atoms with Crippen LogP contribution in [0, 0.1) is 11.8 Å². The molecule has 1 aromatic carbocycles. The summed E-state index contributed by atoms with van der Waals surface area (Å²) in [6, 6.07) is 7.57. The first-order valence-corrected chi connectivity index (χ1v) is 7.24. The van der Waals surface area contributed by atoms with Crippen molar-refractivity contribution in [2.75, 3.05) is 19.8 Å². The molecule has 4 heteroatoms. The molecule has 114 valence electrons. The Labute approximate surface area is 126 Å². The number of carbonyl (C=O) groups excluding carboxylic acids is 1. The smallest absolute Gasteiger partial charge is 0.222 e. The summed E-state index contributed by atoms with van der Waals surface area (Å²) < 4.78 is 5.30. The van der Waals surface area contributed by atoms with Crippen LogP contribution in [0.3, 0.4) is 0 Å². The summed E-state index contributed by atoms with van der Waals surface area (Å²) in [5.74, 6) is 5.43. The molecule has 0 fully saturated rings. The topological polar surface area (TPSA) is 58.6 Å². The van der Waals surface area contributed by atoms with Crippen molar-refractivity contribution in [1.82, 2.24) is 5.32 Å². The lowest BCUT2D eigenvalue weighted by molar-refractivity contribution is -0.122. The molecule has 1 rings (SSSR count). The molecule has 0 heterocycles. The van der Waals surface area contributed by atoms with Gasteiger partial charge in [-0.25, -0.2) is 0 Å². The van der Waals surface area contributed by atoms with Gasteiger partial charge in [-0.3, -0.25) is 4.79 Å². The van der Waals surface area contributed by atoms with Gasteiger partial charge in [0.1, 0.15) is 6.61 Å². The maximum Gasteiger partial charge on any atom is 0.222 e. The Bertz CT molecular complexity index is 485. The molecule has 0 saturated carbocycles. The van der Waals surface area contributed by atoms with Crippen LogP contribution in [0.15, 0.2) is 24.3 Å². The molecule has 21 heavy (non-hydrogen) atoms. The quantitative estimate of drug-likeness (QED) is 0.596. The molecular formula is C17H23NO3. The van der Waals surface area contributed by atoms with E-state index >= 15 is 0 Å². The molecule has 0 radical (unpaired) electrons. The van der Waals surface area contributed by atoms with Gasteiger partial charge in [0, 0.05) is 18.6 Å². The molecule has 1 atom stereocenters. The zero-order valence-corrected chi connectivity index (χ0v) is 12.7. The van der Waals surface area contributed by atoms with Crippen molar-refractivity contribution in [2.24, 2.45) is 0 Å². The minimum atomic E-state index is -0.145. The Morgan fingerprint density at radius 3 is 2.67 bits per heavy atom. The Hall–Kier alpha value is -1.83. The van der Waals surface area contributed by atoms with E-state index in [1.165, 1.54) is 0 Å². The standard InChI is InChI=1S/C17H23NO3/c1-3-12-21-13-10-17(20)18-14(2)16-8-6-15(7-9-16)5-4-11-19/h6-9,14,19H,3,10-13H2,1-2H3,(H,18,20). The number of ether oxygens (including phenoxy) is 1. The van der Waals surface area contributed by atoms with Gasteiger partial charge in [-0.2, -0.15) is 0 Å². The Balaban J connectivity index is 2.44. The van der Waals surface area contributed by atoms with Crippen molar-refractivity contribution in [3.8, 4) is 11.8 Å². The van der Waals surface area contributed by atoms with E-state index in [9.17, 15) is 4.79 Å². The first kappa shape index (κ1) is 17.2. The van der Waals surface area contributed by atoms with Crippen LogP contribution in [-0.2, 0) is 9.53 Å². The van der Waals surface area contributed by atoms with Crippen molar-refractivity contribution in [3.63, 3.8) is 0 Å². The molecule has 4 nitrogen and oxygen atoms in total. The first-order chi connectivity index (χ1) is 10.2. The normalized spacial score (nSPS) is 11.4. The molecule has 1 amide bonds. The number of aliphatic hydroxyl groups is 1. The fraction of sp³-hybridized carbons (Fsp3) is 0.471. The zero-order chi connectivity index (χ0) is 15.5. The summed E-state index contributed by atoms with van der Waals surface area (Å²) in [5, 5.41) is 11.6. The minimum Gasteiger partial charge on any atom is -0.384 e. The summed E-state index contributed by atoms with van der Waals surface area (Å²) in [4.78, 5) is 11.8. The lowest BCUT2D eigenvalue weighted by atomic mass is 10.1. The van der Waals surface area contributed by atoms with Gasteiger partial charge in [-0.15, -0.1) is 0 Å². The molecule has 0 saturated heterocycles. The second-order valence-corrected chi connectivity index (χ2v) is 4.73. The number of amides is 1. The van der Waals surface area contributed by atoms with E-state index in [1.54, 1.807) is 0 Å². The van der Waals surface area contributed by atoms with Crippen LogP contribution in [0.2, 0.25) is 0 Å². The van der Waals surface area contributed by atoms with E-state index in [-0.39, 0.29) is 18.6 Å². The number of carbonyl (C=O) groups is 1. The maximum absolute atomic E-state index is 11.8. The number of rotatable bonds is 7. The van der Waals surface area contributed by atoms with E-state index in [4.69, 9.17) is 9.84 Å². The minimum absolute atomic E-state index is 0.0113. The number of aliphatic hydroxyl groups excluding tert-OH is 1. The Morgan fingerprint density at radius 1 is 1.33 bits per heavy atom. The van der Waals surface area contributed by atoms with Crippen LogP contribution in [0.1, 0.15) is 43.9 Å². The van der Waals surface area contributed by atoms with Gasteiger partial charge >= 0.3 is 0 Å². The first-order valence-electron chi connectivity index (χ1n) is 7.24. The van der Waals surface area contributed by atoms with E-state index in [0.29, 0.717) is 19.6 Å². The van der Waals surface area contributed by atoms with Gasteiger partial charge in [-0.05, 0) is 31.0 Å². The SMILES string of the molecule is CCCOCCC(=O)NC(C)c1ccc(C#CCO)cc1. The van der Waals surface area contributed by atoms with Crippen LogP contribution < -0.4 is 5.32 Å². The van der Waals surface area contributed by atoms with Crippen molar-refractivity contribution < 1.29 is 14.6 Å². The largest absolute Gasteiger partial charge is 0.384 e. The monoisotopic (exact) mass is 289 g/mol. The number of hydrogen-bond acceptors (Lipinski definition) is 3. The molecule has 0 spiro atoms. The highest BCUT2D eigenvalue weighted by atomic mass is 16.5. The lowest BCUT2D eigenvalue weighted by Crippen LogP contribution is -2.27. The van der Waals surface area contributed by atoms with Crippen molar-refractivity contribution in [2.45, 2.75) is 32.7 Å². The summed E-state index contributed by atoms with van der Waals surface area (Å²) >= 11 is 0. The third-order valence-corrected chi connectivity index (χ3v) is 2.92. The van der Waals surface area contributed by atoms with Crippen molar-refractivity contribution in [1.29, 1.82) is 0 Å². The Kier molecular flexibility index (Phi) is 8.18. The van der Waals surface area contributed by atoms with Gasteiger partial charge in [0.15, 0.2) is 0 Å². The van der Waals surface area contributed by atoms with Gasteiger partial charge in [-0.1, -0.05) is 30.9 Å². The molecule has 0 aliphatic heterocycles. The Morgan fingerprint density at radius 2 is 2.05 bits per heavy atom. The van der Waals surface area contributed by atoms with E-state index in [2.05, 4.69) is 17.2 Å². The fourth-order valence-corrected chi connectivity index (χ4v) is 1.80. The molecule has 0 bridgehead atoms. The van der Waals surface area contributed by atoms with Gasteiger partial charge in [0.05, 0.1) is 12.6 Å². The highest BCUT2D eigenvalue weighted by molar-refractivity contribution is 5.76. The van der Waals surface area contributed by atoms with Crippen LogP contribution >= 0.6 is 0 Å². The van der Waals surface area contributed by atoms with E-state index < -0.39 is 0 Å². The zero-order valence-electron chi connectivity index (χ0n) is 12.7. The van der Waals surface area contributed by atoms with Crippen LogP contribution in [0.5, 0.6) is 0 Å². The van der Waals surface area contributed by atoms with Gasteiger partial charge < -0.3 is 15.2 Å². The van der Waals surface area contributed by atoms with E-state index in [0.717, 1.165) is 17.5 Å². The van der Waals surface area contributed by atoms with E-state index in [1.807, 2.05) is 38.1 Å². The third-order valence-electron chi connectivity index (χ3n) is 2.92. The number of nitrogens with one attached hydrogen (secondary N) is 1. The predicted octanol–water partition coefficient (Wildman–Crippen LogP) is 2.02.